The molecule has 1 aliphatic rings. The minimum absolute atomic E-state index is 0.0811. The van der Waals surface area contributed by atoms with Gasteiger partial charge in [-0.25, -0.2) is 0 Å². The molecule has 1 aliphatic heterocycles. The van der Waals surface area contributed by atoms with E-state index >= 15 is 0 Å². The highest BCUT2D eigenvalue weighted by Crippen LogP contribution is 2.24. The van der Waals surface area contributed by atoms with Gasteiger partial charge in [-0.2, -0.15) is 0 Å². The van der Waals surface area contributed by atoms with Gasteiger partial charge in [-0.15, -0.1) is 0 Å². The molecule has 2 rings (SSSR count). The van der Waals surface area contributed by atoms with E-state index in [2.05, 4.69) is 24.2 Å². The van der Waals surface area contributed by atoms with Gasteiger partial charge < -0.3 is 19.9 Å². The molecule has 0 aliphatic carbocycles. The van der Waals surface area contributed by atoms with Crippen LogP contribution in [0.25, 0.3) is 0 Å². The van der Waals surface area contributed by atoms with E-state index in [1.54, 1.807) is 7.11 Å². The fourth-order valence-electron chi connectivity index (χ4n) is 2.54. The number of carbonyl (C=O) groups excluding carboxylic acids is 1. The van der Waals surface area contributed by atoms with Gasteiger partial charge in [-0.1, -0.05) is 18.2 Å². The van der Waals surface area contributed by atoms with Crippen molar-refractivity contribution in [3.05, 3.63) is 29.8 Å². The molecule has 21 heavy (non-hydrogen) atoms. The van der Waals surface area contributed by atoms with E-state index in [-0.39, 0.29) is 11.9 Å². The van der Waals surface area contributed by atoms with Gasteiger partial charge in [-0.05, 0) is 20.0 Å². The first-order valence-electron chi connectivity index (χ1n) is 7.44. The maximum absolute atomic E-state index is 12.2. The predicted molar refractivity (Wildman–Crippen MR) is 83.5 cm³/mol. The first-order chi connectivity index (χ1) is 10.1. The van der Waals surface area contributed by atoms with E-state index in [9.17, 15) is 4.79 Å². The summed E-state index contributed by atoms with van der Waals surface area (Å²) in [6, 6.07) is 7.98. The van der Waals surface area contributed by atoms with Crippen molar-refractivity contribution in [3.63, 3.8) is 0 Å². The monoisotopic (exact) mass is 291 g/mol. The molecule has 0 unspecified atom stereocenters. The number of para-hydroxylation sites is 1. The van der Waals surface area contributed by atoms with Crippen LogP contribution in [-0.2, 0) is 4.79 Å². The van der Waals surface area contributed by atoms with Crippen molar-refractivity contribution < 1.29 is 9.53 Å². The zero-order valence-corrected chi connectivity index (χ0v) is 13.1. The number of hydrogen-bond acceptors (Lipinski definition) is 4. The first-order valence-corrected chi connectivity index (χ1v) is 7.44. The molecule has 5 nitrogen and oxygen atoms in total. The third-order valence-corrected chi connectivity index (χ3v) is 4.02. The van der Waals surface area contributed by atoms with Crippen LogP contribution in [0, 0.1) is 0 Å². The highest BCUT2D eigenvalue weighted by atomic mass is 16.5. The van der Waals surface area contributed by atoms with E-state index in [4.69, 9.17) is 4.74 Å². The smallest absolute Gasteiger partial charge is 0.236 e. The SMILES string of the molecule is COc1ccccc1[C@@H](C)NCC(=O)N1CCN(C)CC1. The average molecular weight is 291 g/mol. The molecule has 1 aromatic rings. The zero-order valence-electron chi connectivity index (χ0n) is 13.1. The molecule has 1 amide bonds. The van der Waals surface area contributed by atoms with Crippen molar-refractivity contribution in [2.45, 2.75) is 13.0 Å². The molecule has 0 saturated carbocycles. The Morgan fingerprint density at radius 2 is 1.95 bits per heavy atom. The number of ether oxygens (including phenoxy) is 1. The van der Waals surface area contributed by atoms with E-state index < -0.39 is 0 Å². The Hall–Kier alpha value is -1.59. The van der Waals surface area contributed by atoms with Crippen molar-refractivity contribution in [2.75, 3.05) is 46.9 Å². The Balaban J connectivity index is 1.86. The van der Waals surface area contributed by atoms with Crippen LogP contribution < -0.4 is 10.1 Å². The van der Waals surface area contributed by atoms with E-state index in [1.807, 2.05) is 29.2 Å². The maximum Gasteiger partial charge on any atom is 0.236 e. The molecular formula is C16H25N3O2. The second-order valence-corrected chi connectivity index (χ2v) is 5.53. The molecule has 1 atom stereocenters. The third-order valence-electron chi connectivity index (χ3n) is 4.02. The zero-order chi connectivity index (χ0) is 15.2. The predicted octanol–water partition coefficient (Wildman–Crippen LogP) is 1.12. The standard InChI is InChI=1S/C16H25N3O2/c1-13(14-6-4-5-7-15(14)21-3)17-12-16(20)19-10-8-18(2)9-11-19/h4-7,13,17H,8-12H2,1-3H3/t13-/m1/s1. The summed E-state index contributed by atoms with van der Waals surface area (Å²) in [6.07, 6.45) is 0. The minimum Gasteiger partial charge on any atom is -0.496 e. The van der Waals surface area contributed by atoms with Crippen LogP contribution in [0.3, 0.4) is 0 Å². The number of nitrogens with one attached hydrogen (secondary N) is 1. The summed E-state index contributed by atoms with van der Waals surface area (Å²) in [7, 11) is 3.75. The maximum atomic E-state index is 12.2. The van der Waals surface area contributed by atoms with E-state index in [0.717, 1.165) is 37.5 Å². The highest BCUT2D eigenvalue weighted by molar-refractivity contribution is 5.78. The number of carbonyl (C=O) groups is 1. The minimum atomic E-state index is 0.0811. The van der Waals surface area contributed by atoms with Crippen molar-refractivity contribution in [3.8, 4) is 5.75 Å². The Labute approximate surface area is 126 Å². The van der Waals surface area contributed by atoms with Crippen molar-refractivity contribution in [2.24, 2.45) is 0 Å². The second-order valence-electron chi connectivity index (χ2n) is 5.53. The molecule has 1 aromatic carbocycles. The number of amides is 1. The van der Waals surface area contributed by atoms with Crippen LogP contribution in [0.5, 0.6) is 5.75 Å². The van der Waals surface area contributed by atoms with Gasteiger partial charge in [0.1, 0.15) is 5.75 Å². The van der Waals surface area contributed by atoms with Gasteiger partial charge in [0.25, 0.3) is 0 Å². The molecule has 1 N–H and O–H groups in total. The normalized spacial score (nSPS) is 17.6. The topological polar surface area (TPSA) is 44.8 Å². The lowest BCUT2D eigenvalue weighted by atomic mass is 10.1. The van der Waals surface area contributed by atoms with Gasteiger partial charge in [0.05, 0.1) is 13.7 Å². The highest BCUT2D eigenvalue weighted by Gasteiger charge is 2.19. The number of piperazine rings is 1. The number of methoxy groups -OCH3 is 1. The lowest BCUT2D eigenvalue weighted by Crippen LogP contribution is -2.49. The molecule has 116 valence electrons. The lowest BCUT2D eigenvalue weighted by molar-refractivity contribution is -0.131. The van der Waals surface area contributed by atoms with Gasteiger partial charge in [0, 0.05) is 37.8 Å². The summed E-state index contributed by atoms with van der Waals surface area (Å²) in [6.45, 7) is 5.96. The van der Waals surface area contributed by atoms with Crippen LogP contribution in [0.4, 0.5) is 0 Å². The Bertz CT molecular complexity index is 470. The fraction of sp³-hybridized carbons (Fsp3) is 0.562. The fourth-order valence-corrected chi connectivity index (χ4v) is 2.54. The Morgan fingerprint density at radius 1 is 1.29 bits per heavy atom. The summed E-state index contributed by atoms with van der Waals surface area (Å²) in [4.78, 5) is 16.4. The first kappa shape index (κ1) is 15.8. The molecule has 0 spiro atoms. The number of hydrogen-bond donors (Lipinski definition) is 1. The molecule has 0 radical (unpaired) electrons. The van der Waals surface area contributed by atoms with Gasteiger partial charge in [0.15, 0.2) is 0 Å². The summed E-state index contributed by atoms with van der Waals surface area (Å²) in [5, 5.41) is 3.30. The summed E-state index contributed by atoms with van der Waals surface area (Å²) >= 11 is 0. The van der Waals surface area contributed by atoms with Crippen LogP contribution >= 0.6 is 0 Å². The second kappa shape index (κ2) is 7.43. The molecular weight excluding hydrogens is 266 g/mol. The van der Waals surface area contributed by atoms with Gasteiger partial charge in [-0.3, -0.25) is 4.79 Å². The Kier molecular flexibility index (Phi) is 5.59. The number of benzene rings is 1. The number of likely N-dealkylation sites (N-methyl/N-ethyl adjacent to an activating group) is 1. The van der Waals surface area contributed by atoms with E-state index in [1.165, 1.54) is 0 Å². The molecule has 1 fully saturated rings. The lowest BCUT2D eigenvalue weighted by Gasteiger charge is -2.32. The van der Waals surface area contributed by atoms with Gasteiger partial charge >= 0.3 is 0 Å². The Morgan fingerprint density at radius 3 is 2.62 bits per heavy atom. The van der Waals surface area contributed by atoms with Crippen LogP contribution in [0.15, 0.2) is 24.3 Å². The summed E-state index contributed by atoms with van der Waals surface area (Å²) in [5.41, 5.74) is 1.08. The van der Waals surface area contributed by atoms with Crippen LogP contribution in [0.1, 0.15) is 18.5 Å². The van der Waals surface area contributed by atoms with Crippen LogP contribution in [-0.4, -0.2) is 62.6 Å². The average Bonchev–Trinajstić information content (AvgIpc) is 2.52. The van der Waals surface area contributed by atoms with Crippen molar-refractivity contribution in [1.82, 2.24) is 15.1 Å². The third kappa shape index (κ3) is 4.19. The molecule has 1 heterocycles. The molecule has 0 aromatic heterocycles. The largest absolute Gasteiger partial charge is 0.496 e. The number of nitrogens with zero attached hydrogens (tertiary/aromatic N) is 2. The molecule has 5 heteroatoms. The summed E-state index contributed by atoms with van der Waals surface area (Å²) < 4.78 is 5.36. The molecule has 0 bridgehead atoms. The molecule has 1 saturated heterocycles. The number of rotatable bonds is 5. The van der Waals surface area contributed by atoms with E-state index in [0.29, 0.717) is 6.54 Å². The summed E-state index contributed by atoms with van der Waals surface area (Å²) in [5.74, 6) is 1.02. The van der Waals surface area contributed by atoms with Crippen molar-refractivity contribution >= 4 is 5.91 Å². The van der Waals surface area contributed by atoms with Crippen LogP contribution in [0.2, 0.25) is 0 Å². The van der Waals surface area contributed by atoms with Crippen molar-refractivity contribution in [1.29, 1.82) is 0 Å². The van der Waals surface area contributed by atoms with Gasteiger partial charge in [0.2, 0.25) is 5.91 Å². The quantitative estimate of drug-likeness (QED) is 0.883.